The third kappa shape index (κ3) is 2.65. The van der Waals surface area contributed by atoms with Gasteiger partial charge in [-0.1, -0.05) is 24.3 Å². The highest BCUT2D eigenvalue weighted by atomic mass is 16.5. The van der Waals surface area contributed by atoms with Gasteiger partial charge in [0.15, 0.2) is 0 Å². The second-order valence-electron chi connectivity index (χ2n) is 4.07. The van der Waals surface area contributed by atoms with Crippen LogP contribution in [0.3, 0.4) is 0 Å². The van der Waals surface area contributed by atoms with Gasteiger partial charge in [-0.05, 0) is 17.9 Å². The summed E-state index contributed by atoms with van der Waals surface area (Å²) in [6, 6.07) is 7.47. The van der Waals surface area contributed by atoms with Crippen LogP contribution in [0.1, 0.15) is 24.9 Å². The third-order valence-electron chi connectivity index (χ3n) is 2.79. The molecule has 0 aliphatic carbocycles. The molecule has 4 nitrogen and oxygen atoms in total. The number of esters is 1. The van der Waals surface area contributed by atoms with Crippen molar-refractivity contribution in [1.29, 1.82) is 0 Å². The number of benzene rings is 1. The van der Waals surface area contributed by atoms with Crippen molar-refractivity contribution in [2.75, 3.05) is 6.61 Å². The van der Waals surface area contributed by atoms with Crippen LogP contribution in [0, 0.1) is 0 Å². The highest BCUT2D eigenvalue weighted by Gasteiger charge is 2.15. The van der Waals surface area contributed by atoms with E-state index >= 15 is 0 Å². The number of rotatable bonds is 4. The zero-order chi connectivity index (χ0) is 13.0. The number of aromatic nitrogens is 1. The second-order valence-corrected chi connectivity index (χ2v) is 4.07. The number of carbonyl (C=O) groups is 1. The summed E-state index contributed by atoms with van der Waals surface area (Å²) in [4.78, 5) is 15.6. The molecule has 0 amide bonds. The van der Waals surface area contributed by atoms with Gasteiger partial charge >= 0.3 is 5.97 Å². The van der Waals surface area contributed by atoms with Crippen molar-refractivity contribution in [1.82, 2.24) is 4.98 Å². The molecule has 1 atom stereocenters. The molecule has 0 spiro atoms. The van der Waals surface area contributed by atoms with Gasteiger partial charge in [0.2, 0.25) is 0 Å². The summed E-state index contributed by atoms with van der Waals surface area (Å²) >= 11 is 0. The van der Waals surface area contributed by atoms with E-state index in [9.17, 15) is 4.79 Å². The van der Waals surface area contributed by atoms with Crippen molar-refractivity contribution >= 4 is 16.7 Å². The molecule has 0 bridgehead atoms. The predicted octanol–water partition coefficient (Wildman–Crippen LogP) is 2.19. The Bertz CT molecular complexity index is 549. The van der Waals surface area contributed by atoms with Crippen LogP contribution in [0.2, 0.25) is 0 Å². The maximum absolute atomic E-state index is 11.4. The SMILES string of the molecule is CCOC(=O)C[C@@H](N)c1cncc2ccccc12. The molecule has 94 valence electrons. The number of ether oxygens (including phenoxy) is 1. The Morgan fingerprint density at radius 1 is 1.39 bits per heavy atom. The normalized spacial score (nSPS) is 12.3. The lowest BCUT2D eigenvalue weighted by molar-refractivity contribution is -0.143. The second kappa shape index (κ2) is 5.60. The molecule has 0 saturated carbocycles. The number of fused-ring (bicyclic) bond motifs is 1. The Labute approximate surface area is 106 Å². The monoisotopic (exact) mass is 244 g/mol. The lowest BCUT2D eigenvalue weighted by atomic mass is 10.0. The lowest BCUT2D eigenvalue weighted by Crippen LogP contribution is -2.17. The number of hydrogen-bond donors (Lipinski definition) is 1. The predicted molar refractivity (Wildman–Crippen MR) is 69.9 cm³/mol. The summed E-state index contributed by atoms with van der Waals surface area (Å²) in [5.41, 5.74) is 6.93. The van der Waals surface area contributed by atoms with Crippen molar-refractivity contribution in [2.24, 2.45) is 5.73 Å². The van der Waals surface area contributed by atoms with E-state index in [1.165, 1.54) is 0 Å². The van der Waals surface area contributed by atoms with E-state index in [2.05, 4.69) is 4.98 Å². The molecule has 4 heteroatoms. The molecule has 0 unspecified atom stereocenters. The standard InChI is InChI=1S/C14H16N2O2/c1-2-18-14(17)7-13(15)12-9-16-8-10-5-3-4-6-11(10)12/h3-6,8-9,13H,2,7,15H2,1H3/t13-/m1/s1. The Balaban J connectivity index is 2.27. The molecule has 1 aromatic carbocycles. The average molecular weight is 244 g/mol. The Morgan fingerprint density at radius 3 is 2.94 bits per heavy atom. The van der Waals surface area contributed by atoms with Crippen molar-refractivity contribution < 1.29 is 9.53 Å². The maximum atomic E-state index is 11.4. The lowest BCUT2D eigenvalue weighted by Gasteiger charge is -2.13. The van der Waals surface area contributed by atoms with E-state index < -0.39 is 0 Å². The molecule has 1 heterocycles. The Kier molecular flexibility index (Phi) is 3.89. The largest absolute Gasteiger partial charge is 0.466 e. The first kappa shape index (κ1) is 12.5. The number of hydrogen-bond acceptors (Lipinski definition) is 4. The number of nitrogens with two attached hydrogens (primary N) is 1. The smallest absolute Gasteiger partial charge is 0.307 e. The fourth-order valence-electron chi connectivity index (χ4n) is 1.94. The van der Waals surface area contributed by atoms with Crippen molar-refractivity contribution in [2.45, 2.75) is 19.4 Å². The molecule has 2 rings (SSSR count). The highest BCUT2D eigenvalue weighted by Crippen LogP contribution is 2.23. The van der Waals surface area contributed by atoms with Crippen molar-refractivity contribution in [3.05, 3.63) is 42.2 Å². The van der Waals surface area contributed by atoms with Gasteiger partial charge in [-0.25, -0.2) is 0 Å². The summed E-state index contributed by atoms with van der Waals surface area (Å²) in [5, 5.41) is 2.05. The molecule has 0 fully saturated rings. The molecule has 2 N–H and O–H groups in total. The zero-order valence-electron chi connectivity index (χ0n) is 10.3. The van der Waals surface area contributed by atoms with E-state index in [1.54, 1.807) is 19.3 Å². The quantitative estimate of drug-likeness (QED) is 0.837. The van der Waals surface area contributed by atoms with Crippen LogP contribution in [-0.4, -0.2) is 17.6 Å². The highest BCUT2D eigenvalue weighted by molar-refractivity contribution is 5.85. The molecule has 2 aromatic rings. The van der Waals surface area contributed by atoms with Gasteiger partial charge in [0.1, 0.15) is 0 Å². The van der Waals surface area contributed by atoms with E-state index in [4.69, 9.17) is 10.5 Å². The molecule has 0 saturated heterocycles. The fraction of sp³-hybridized carbons (Fsp3) is 0.286. The van der Waals surface area contributed by atoms with Gasteiger partial charge in [-0.3, -0.25) is 9.78 Å². The van der Waals surface area contributed by atoms with Crippen molar-refractivity contribution in [3.8, 4) is 0 Å². The van der Waals surface area contributed by atoms with Gasteiger partial charge in [-0.15, -0.1) is 0 Å². The van der Waals surface area contributed by atoms with Crippen LogP contribution in [0.5, 0.6) is 0 Å². The van der Waals surface area contributed by atoms with E-state index in [1.807, 2.05) is 24.3 Å². The molecule has 0 aliphatic rings. The summed E-state index contributed by atoms with van der Waals surface area (Å²) < 4.78 is 4.91. The first-order chi connectivity index (χ1) is 8.72. The molecular weight excluding hydrogens is 228 g/mol. The molecule has 0 radical (unpaired) electrons. The first-order valence-electron chi connectivity index (χ1n) is 5.96. The van der Waals surface area contributed by atoms with Crippen LogP contribution >= 0.6 is 0 Å². The Hall–Kier alpha value is -1.94. The maximum Gasteiger partial charge on any atom is 0.307 e. The van der Waals surface area contributed by atoms with Gasteiger partial charge in [0, 0.05) is 23.8 Å². The molecule has 1 aromatic heterocycles. The zero-order valence-corrected chi connectivity index (χ0v) is 10.3. The van der Waals surface area contributed by atoms with E-state index in [-0.39, 0.29) is 18.4 Å². The summed E-state index contributed by atoms with van der Waals surface area (Å²) in [7, 11) is 0. The minimum Gasteiger partial charge on any atom is -0.466 e. The van der Waals surface area contributed by atoms with Crippen LogP contribution in [0.25, 0.3) is 10.8 Å². The minimum atomic E-state index is -0.386. The van der Waals surface area contributed by atoms with Gasteiger partial charge in [-0.2, -0.15) is 0 Å². The molecule has 18 heavy (non-hydrogen) atoms. The van der Waals surface area contributed by atoms with E-state index in [0.29, 0.717) is 6.61 Å². The minimum absolute atomic E-state index is 0.170. The van der Waals surface area contributed by atoms with E-state index in [0.717, 1.165) is 16.3 Å². The van der Waals surface area contributed by atoms with Crippen LogP contribution < -0.4 is 5.73 Å². The fourth-order valence-corrected chi connectivity index (χ4v) is 1.94. The summed E-state index contributed by atoms with van der Waals surface area (Å²) in [6.07, 6.45) is 3.67. The van der Waals surface area contributed by atoms with Crippen molar-refractivity contribution in [3.63, 3.8) is 0 Å². The number of carbonyl (C=O) groups excluding carboxylic acids is 1. The number of pyridine rings is 1. The third-order valence-corrected chi connectivity index (χ3v) is 2.79. The van der Waals surface area contributed by atoms with Gasteiger partial charge < -0.3 is 10.5 Å². The van der Waals surface area contributed by atoms with Crippen LogP contribution in [0.15, 0.2) is 36.7 Å². The average Bonchev–Trinajstić information content (AvgIpc) is 2.38. The van der Waals surface area contributed by atoms with Gasteiger partial charge in [0.05, 0.1) is 13.0 Å². The summed E-state index contributed by atoms with van der Waals surface area (Å²) in [5.74, 6) is -0.280. The topological polar surface area (TPSA) is 65.2 Å². The van der Waals surface area contributed by atoms with Crippen LogP contribution in [0.4, 0.5) is 0 Å². The van der Waals surface area contributed by atoms with Crippen LogP contribution in [-0.2, 0) is 9.53 Å². The molecular formula is C14H16N2O2. The Morgan fingerprint density at radius 2 is 2.17 bits per heavy atom. The number of nitrogens with zero attached hydrogens (tertiary/aromatic N) is 1. The molecule has 0 aliphatic heterocycles. The summed E-state index contributed by atoms with van der Waals surface area (Å²) in [6.45, 7) is 2.15. The van der Waals surface area contributed by atoms with Gasteiger partial charge in [0.25, 0.3) is 0 Å². The first-order valence-corrected chi connectivity index (χ1v) is 5.96.